The standard InChI is InChI=1S/C49H96NO8P/c1-6-8-10-12-14-16-18-20-22-23-24-25-26-27-28-30-32-34-36-38-40-42-49(52)58-47(46-57-59(53,54)56-44-43-50(3,4)5)45-55-48(51)41-39-37-35-33-31-29-21-19-17-15-13-11-9-7-2/h19,21,47H,6-18,20,22-46H2,1-5H3/b21-19+/t47-/m1/s1. The van der Waals surface area contributed by atoms with Crippen LogP contribution in [0.3, 0.4) is 0 Å². The Labute approximate surface area is 365 Å². The second-order valence-electron chi connectivity index (χ2n) is 18.2. The predicted molar refractivity (Wildman–Crippen MR) is 245 cm³/mol. The lowest BCUT2D eigenvalue weighted by Crippen LogP contribution is -2.37. The molecule has 0 aliphatic rings. The van der Waals surface area contributed by atoms with E-state index in [1.807, 2.05) is 21.1 Å². The fourth-order valence-electron chi connectivity index (χ4n) is 7.12. The zero-order valence-electron chi connectivity index (χ0n) is 39.5. The first-order valence-electron chi connectivity index (χ1n) is 24.9. The van der Waals surface area contributed by atoms with E-state index in [0.717, 1.165) is 51.4 Å². The molecule has 1 unspecified atom stereocenters. The number of unbranched alkanes of at least 4 members (excludes halogenated alkanes) is 30. The smallest absolute Gasteiger partial charge is 0.306 e. The third-order valence-electron chi connectivity index (χ3n) is 11.0. The molecule has 0 spiro atoms. The highest BCUT2D eigenvalue weighted by molar-refractivity contribution is 7.45. The van der Waals surface area contributed by atoms with Gasteiger partial charge in [-0.05, 0) is 38.5 Å². The number of hydrogen-bond acceptors (Lipinski definition) is 8. The molecule has 59 heavy (non-hydrogen) atoms. The summed E-state index contributed by atoms with van der Waals surface area (Å²) in [5, 5.41) is 0. The highest BCUT2D eigenvalue weighted by Gasteiger charge is 2.21. The molecule has 0 saturated heterocycles. The molecule has 0 aromatic heterocycles. The van der Waals surface area contributed by atoms with Gasteiger partial charge in [0.25, 0.3) is 7.82 Å². The van der Waals surface area contributed by atoms with Gasteiger partial charge in [-0.1, -0.05) is 199 Å². The number of carbonyl (C=O) groups is 2. The topological polar surface area (TPSA) is 111 Å². The van der Waals surface area contributed by atoms with Gasteiger partial charge in [0.15, 0.2) is 6.10 Å². The van der Waals surface area contributed by atoms with E-state index in [4.69, 9.17) is 18.5 Å². The number of rotatable bonds is 46. The van der Waals surface area contributed by atoms with Crippen molar-refractivity contribution < 1.29 is 42.1 Å². The number of quaternary nitrogens is 1. The summed E-state index contributed by atoms with van der Waals surface area (Å²) in [6, 6.07) is 0. The molecule has 0 aromatic carbocycles. The fourth-order valence-corrected chi connectivity index (χ4v) is 7.85. The van der Waals surface area contributed by atoms with E-state index in [1.54, 1.807) is 0 Å². The van der Waals surface area contributed by atoms with Crippen molar-refractivity contribution in [2.45, 2.75) is 245 Å². The summed E-state index contributed by atoms with van der Waals surface area (Å²) in [7, 11) is 1.17. The van der Waals surface area contributed by atoms with Gasteiger partial charge < -0.3 is 27.9 Å². The first-order valence-corrected chi connectivity index (χ1v) is 26.4. The molecule has 2 atom stereocenters. The number of phosphoric acid groups is 1. The molecule has 0 saturated carbocycles. The number of phosphoric ester groups is 1. The summed E-state index contributed by atoms with van der Waals surface area (Å²) in [4.78, 5) is 37.6. The Morgan fingerprint density at radius 1 is 0.508 bits per heavy atom. The third kappa shape index (κ3) is 46.1. The predicted octanol–water partition coefficient (Wildman–Crippen LogP) is 13.9. The average Bonchev–Trinajstić information content (AvgIpc) is 3.19. The lowest BCUT2D eigenvalue weighted by Gasteiger charge is -2.28. The largest absolute Gasteiger partial charge is 0.756 e. The number of ether oxygens (including phenoxy) is 2. The van der Waals surface area contributed by atoms with E-state index < -0.39 is 26.5 Å². The fraction of sp³-hybridized carbons (Fsp3) is 0.918. The third-order valence-corrected chi connectivity index (χ3v) is 12.0. The van der Waals surface area contributed by atoms with Crippen LogP contribution in [-0.4, -0.2) is 70.0 Å². The van der Waals surface area contributed by atoms with Crippen molar-refractivity contribution in [2.75, 3.05) is 47.5 Å². The van der Waals surface area contributed by atoms with Gasteiger partial charge in [0, 0.05) is 12.8 Å². The monoisotopic (exact) mass is 858 g/mol. The highest BCUT2D eigenvalue weighted by Crippen LogP contribution is 2.38. The number of likely N-dealkylation sites (N-methyl/N-ethyl adjacent to an activating group) is 1. The van der Waals surface area contributed by atoms with Crippen LogP contribution in [0, 0.1) is 0 Å². The molecule has 9 nitrogen and oxygen atoms in total. The second kappa shape index (κ2) is 42.1. The Bertz CT molecular complexity index is 1020. The van der Waals surface area contributed by atoms with E-state index in [2.05, 4.69) is 26.0 Å². The van der Waals surface area contributed by atoms with Crippen LogP contribution in [0.25, 0.3) is 0 Å². The molecule has 0 amide bonds. The summed E-state index contributed by atoms with van der Waals surface area (Å²) in [6.45, 7) is 4.25. The van der Waals surface area contributed by atoms with E-state index in [1.165, 1.54) is 154 Å². The first kappa shape index (κ1) is 57.8. The van der Waals surface area contributed by atoms with Gasteiger partial charge in [-0.15, -0.1) is 0 Å². The minimum absolute atomic E-state index is 0.0287. The minimum atomic E-state index is -4.62. The Hall–Kier alpha value is -1.25. The Kier molecular flexibility index (Phi) is 41.2. The zero-order chi connectivity index (χ0) is 43.6. The molecular formula is C49H96NO8P. The Morgan fingerprint density at radius 3 is 1.25 bits per heavy atom. The van der Waals surface area contributed by atoms with Crippen LogP contribution in [0.4, 0.5) is 0 Å². The summed E-state index contributed by atoms with van der Waals surface area (Å²) in [6.07, 6.45) is 45.3. The quantitative estimate of drug-likeness (QED) is 0.0196. The molecule has 0 aliphatic heterocycles. The summed E-state index contributed by atoms with van der Waals surface area (Å²) in [5.41, 5.74) is 0. The first-order chi connectivity index (χ1) is 28.5. The van der Waals surface area contributed by atoms with Crippen LogP contribution in [0.15, 0.2) is 12.2 Å². The van der Waals surface area contributed by atoms with Crippen LogP contribution in [0.1, 0.15) is 239 Å². The number of esters is 2. The van der Waals surface area contributed by atoms with Crippen LogP contribution in [-0.2, 0) is 32.7 Å². The molecule has 0 aromatic rings. The lowest BCUT2D eigenvalue weighted by molar-refractivity contribution is -0.870. The summed E-state index contributed by atoms with van der Waals surface area (Å²) < 4.78 is 34.0. The van der Waals surface area contributed by atoms with Gasteiger partial charge in [-0.3, -0.25) is 14.2 Å². The van der Waals surface area contributed by atoms with Gasteiger partial charge in [0.1, 0.15) is 19.8 Å². The normalized spacial score (nSPS) is 13.5. The van der Waals surface area contributed by atoms with E-state index in [-0.39, 0.29) is 32.0 Å². The van der Waals surface area contributed by atoms with Gasteiger partial charge in [0.05, 0.1) is 27.7 Å². The van der Waals surface area contributed by atoms with Crippen molar-refractivity contribution in [3.63, 3.8) is 0 Å². The number of hydrogen-bond donors (Lipinski definition) is 0. The van der Waals surface area contributed by atoms with Crippen molar-refractivity contribution in [3.05, 3.63) is 12.2 Å². The Balaban J connectivity index is 4.22. The SMILES string of the molecule is CCCCCCC/C=C/CCCCCCCC(=O)OC[C@H](COP(=O)([O-])OCC[N+](C)(C)C)OC(=O)CCCCCCCCCCCCCCCCCCCCCCC. The van der Waals surface area contributed by atoms with E-state index >= 15 is 0 Å². The maximum atomic E-state index is 12.7. The van der Waals surface area contributed by atoms with Gasteiger partial charge in [0.2, 0.25) is 0 Å². The van der Waals surface area contributed by atoms with Gasteiger partial charge >= 0.3 is 11.9 Å². The maximum absolute atomic E-state index is 12.7. The van der Waals surface area contributed by atoms with Crippen molar-refractivity contribution in [3.8, 4) is 0 Å². The van der Waals surface area contributed by atoms with Crippen LogP contribution >= 0.6 is 7.82 Å². The molecule has 350 valence electrons. The van der Waals surface area contributed by atoms with Crippen molar-refractivity contribution in [1.29, 1.82) is 0 Å². The number of carbonyl (C=O) groups excluding carboxylic acids is 2. The molecule has 0 rings (SSSR count). The summed E-state index contributed by atoms with van der Waals surface area (Å²) in [5.74, 6) is -0.831. The molecule has 0 fully saturated rings. The highest BCUT2D eigenvalue weighted by atomic mass is 31.2. The number of allylic oxidation sites excluding steroid dienone is 2. The van der Waals surface area contributed by atoms with Crippen LogP contribution < -0.4 is 4.89 Å². The number of nitrogens with zero attached hydrogens (tertiary/aromatic N) is 1. The van der Waals surface area contributed by atoms with Crippen LogP contribution in [0.2, 0.25) is 0 Å². The molecular weight excluding hydrogens is 762 g/mol. The summed E-state index contributed by atoms with van der Waals surface area (Å²) >= 11 is 0. The molecule has 10 heteroatoms. The van der Waals surface area contributed by atoms with Gasteiger partial charge in [-0.25, -0.2) is 0 Å². The minimum Gasteiger partial charge on any atom is -0.756 e. The van der Waals surface area contributed by atoms with E-state index in [9.17, 15) is 19.0 Å². The second-order valence-corrected chi connectivity index (χ2v) is 19.6. The van der Waals surface area contributed by atoms with Crippen molar-refractivity contribution in [1.82, 2.24) is 0 Å². The molecule has 0 aliphatic carbocycles. The zero-order valence-corrected chi connectivity index (χ0v) is 40.4. The average molecular weight is 858 g/mol. The molecule has 0 heterocycles. The Morgan fingerprint density at radius 2 is 0.864 bits per heavy atom. The van der Waals surface area contributed by atoms with E-state index in [0.29, 0.717) is 17.4 Å². The molecule has 0 N–H and O–H groups in total. The van der Waals surface area contributed by atoms with Gasteiger partial charge in [-0.2, -0.15) is 0 Å². The maximum Gasteiger partial charge on any atom is 0.306 e. The molecule has 0 bridgehead atoms. The lowest BCUT2D eigenvalue weighted by atomic mass is 10.0. The van der Waals surface area contributed by atoms with Crippen LogP contribution in [0.5, 0.6) is 0 Å². The molecule has 0 radical (unpaired) electrons. The van der Waals surface area contributed by atoms with Crippen molar-refractivity contribution >= 4 is 19.8 Å². The van der Waals surface area contributed by atoms with Crippen molar-refractivity contribution in [2.24, 2.45) is 0 Å².